The molecule has 0 saturated carbocycles. The normalized spacial score (nSPS) is 20.0. The number of rotatable bonds is 3. The van der Waals surface area contributed by atoms with Gasteiger partial charge in [-0.25, -0.2) is 0 Å². The molecule has 0 bridgehead atoms. The minimum absolute atomic E-state index is 0.348. The molecule has 4 N–H and O–H groups in total. The maximum Gasteiger partial charge on any atom is 0.119 e. The van der Waals surface area contributed by atoms with E-state index in [1.54, 1.807) is 7.11 Å². The second-order valence-corrected chi connectivity index (χ2v) is 4.41. The van der Waals surface area contributed by atoms with E-state index in [0.717, 1.165) is 16.9 Å². The van der Waals surface area contributed by atoms with Gasteiger partial charge in [0.25, 0.3) is 0 Å². The van der Waals surface area contributed by atoms with Crippen LogP contribution in [0.4, 0.5) is 0 Å². The van der Waals surface area contributed by atoms with Crippen LogP contribution in [0.25, 0.3) is 0 Å². The van der Waals surface area contributed by atoms with Crippen molar-refractivity contribution in [3.8, 4) is 5.75 Å². The van der Waals surface area contributed by atoms with Crippen LogP contribution in [-0.2, 0) is 0 Å². The third-order valence-electron chi connectivity index (χ3n) is 3.25. The molecule has 88 valence electrons. The Labute approximate surface area is 95.4 Å². The van der Waals surface area contributed by atoms with Crippen LogP contribution in [0.15, 0.2) is 18.2 Å². The van der Waals surface area contributed by atoms with Gasteiger partial charge >= 0.3 is 0 Å². The summed E-state index contributed by atoms with van der Waals surface area (Å²) in [5, 5.41) is 13.2. The molecular weight excluding hydrogens is 204 g/mol. The highest BCUT2D eigenvalue weighted by atomic mass is 16.5. The average Bonchev–Trinajstić information content (AvgIpc) is 2.24. The highest BCUT2D eigenvalue weighted by Crippen LogP contribution is 2.30. The first kappa shape index (κ1) is 11.4. The molecule has 1 aliphatic heterocycles. The van der Waals surface area contributed by atoms with Gasteiger partial charge in [0.1, 0.15) is 11.4 Å². The van der Waals surface area contributed by atoms with Crippen LogP contribution in [-0.4, -0.2) is 30.9 Å². The van der Waals surface area contributed by atoms with Gasteiger partial charge in [-0.3, -0.25) is 0 Å². The Morgan fingerprint density at radius 1 is 1.50 bits per heavy atom. The highest BCUT2D eigenvalue weighted by Gasteiger charge is 2.41. The Morgan fingerprint density at radius 3 is 2.62 bits per heavy atom. The van der Waals surface area contributed by atoms with Crippen molar-refractivity contribution in [1.29, 1.82) is 0 Å². The van der Waals surface area contributed by atoms with Crippen LogP contribution < -0.4 is 15.8 Å². The molecule has 1 saturated heterocycles. The number of nitrogens with two attached hydrogens (primary N) is 1. The van der Waals surface area contributed by atoms with Crippen molar-refractivity contribution in [2.75, 3.05) is 20.2 Å². The Morgan fingerprint density at radius 2 is 2.19 bits per heavy atom. The molecule has 16 heavy (non-hydrogen) atoms. The van der Waals surface area contributed by atoms with Gasteiger partial charge in [0.05, 0.1) is 13.2 Å². The van der Waals surface area contributed by atoms with Gasteiger partial charge in [0.15, 0.2) is 0 Å². The molecule has 0 spiro atoms. The van der Waals surface area contributed by atoms with Crippen LogP contribution in [0.2, 0.25) is 0 Å². The van der Waals surface area contributed by atoms with Gasteiger partial charge in [-0.1, -0.05) is 6.07 Å². The van der Waals surface area contributed by atoms with E-state index < -0.39 is 5.60 Å². The Kier molecular flexibility index (Phi) is 2.88. The zero-order valence-corrected chi connectivity index (χ0v) is 9.66. The van der Waals surface area contributed by atoms with Gasteiger partial charge in [-0.15, -0.1) is 0 Å². The molecule has 1 unspecified atom stereocenters. The molecule has 0 aliphatic carbocycles. The van der Waals surface area contributed by atoms with Crippen molar-refractivity contribution in [3.05, 3.63) is 29.3 Å². The van der Waals surface area contributed by atoms with E-state index in [1.807, 2.05) is 25.1 Å². The summed E-state index contributed by atoms with van der Waals surface area (Å²) < 4.78 is 5.14. The average molecular weight is 222 g/mol. The number of hydrogen-bond acceptors (Lipinski definition) is 4. The van der Waals surface area contributed by atoms with E-state index in [1.165, 1.54) is 0 Å². The topological polar surface area (TPSA) is 67.5 Å². The summed E-state index contributed by atoms with van der Waals surface area (Å²) in [6.45, 7) is 3.09. The second-order valence-electron chi connectivity index (χ2n) is 4.41. The van der Waals surface area contributed by atoms with E-state index in [0.29, 0.717) is 13.1 Å². The van der Waals surface area contributed by atoms with E-state index in [-0.39, 0.29) is 6.04 Å². The number of β-amino-alcohol motifs (C(OH)–C–C–N with tert-alkyl or cyclic N) is 1. The number of benzene rings is 1. The first-order valence-corrected chi connectivity index (χ1v) is 5.40. The quantitative estimate of drug-likeness (QED) is 0.690. The first-order valence-electron chi connectivity index (χ1n) is 5.40. The summed E-state index contributed by atoms with van der Waals surface area (Å²) >= 11 is 0. The maximum atomic E-state index is 10.2. The number of methoxy groups -OCH3 is 1. The Hall–Kier alpha value is -1.10. The molecule has 4 nitrogen and oxygen atoms in total. The lowest BCUT2D eigenvalue weighted by Crippen LogP contribution is -2.64. The van der Waals surface area contributed by atoms with Crippen LogP contribution in [0.5, 0.6) is 5.75 Å². The zero-order chi connectivity index (χ0) is 11.8. The number of aliphatic hydroxyl groups is 1. The van der Waals surface area contributed by atoms with Gasteiger partial charge < -0.3 is 20.9 Å². The predicted molar refractivity (Wildman–Crippen MR) is 62.5 cm³/mol. The standard InChI is InChI=1S/C12H18N2O2/c1-8-5-9(16-2)3-4-10(8)11(13)12(15)6-14-7-12/h3-5,11,14-15H,6-7,13H2,1-2H3. The van der Waals surface area contributed by atoms with Crippen LogP contribution >= 0.6 is 0 Å². The summed E-state index contributed by atoms with van der Waals surface area (Å²) in [6.07, 6.45) is 0. The first-order chi connectivity index (χ1) is 7.57. The fraction of sp³-hybridized carbons (Fsp3) is 0.500. The molecule has 0 amide bonds. The summed E-state index contributed by atoms with van der Waals surface area (Å²) in [5.41, 5.74) is 7.31. The molecule has 0 aromatic heterocycles. The third-order valence-corrected chi connectivity index (χ3v) is 3.25. The predicted octanol–water partition coefficient (Wildman–Crippen LogP) is 0.338. The van der Waals surface area contributed by atoms with Crippen LogP contribution in [0.1, 0.15) is 17.2 Å². The molecule has 1 aromatic rings. The monoisotopic (exact) mass is 222 g/mol. The molecule has 1 fully saturated rings. The number of hydrogen-bond donors (Lipinski definition) is 3. The third kappa shape index (κ3) is 1.80. The zero-order valence-electron chi connectivity index (χ0n) is 9.66. The second kappa shape index (κ2) is 4.05. The van der Waals surface area contributed by atoms with Crippen LogP contribution in [0, 0.1) is 6.92 Å². The van der Waals surface area contributed by atoms with Crippen molar-refractivity contribution in [2.24, 2.45) is 5.73 Å². The maximum absolute atomic E-state index is 10.2. The van der Waals surface area contributed by atoms with E-state index in [9.17, 15) is 5.11 Å². The lowest BCUT2D eigenvalue weighted by atomic mass is 9.83. The lowest BCUT2D eigenvalue weighted by Gasteiger charge is -2.42. The highest BCUT2D eigenvalue weighted by molar-refractivity contribution is 5.38. The van der Waals surface area contributed by atoms with E-state index in [4.69, 9.17) is 10.5 Å². The molecule has 1 atom stereocenters. The molecule has 4 heteroatoms. The Bertz CT molecular complexity index is 389. The smallest absolute Gasteiger partial charge is 0.119 e. The lowest BCUT2D eigenvalue weighted by molar-refractivity contribution is -0.0334. The molecule has 1 heterocycles. The SMILES string of the molecule is COc1ccc(C(N)C2(O)CNC2)c(C)c1. The van der Waals surface area contributed by atoms with Crippen molar-refractivity contribution in [2.45, 2.75) is 18.6 Å². The minimum atomic E-state index is -0.806. The summed E-state index contributed by atoms with van der Waals surface area (Å²) in [6, 6.07) is 5.39. The summed E-state index contributed by atoms with van der Waals surface area (Å²) in [4.78, 5) is 0. The Balaban J connectivity index is 2.26. The van der Waals surface area contributed by atoms with Crippen molar-refractivity contribution < 1.29 is 9.84 Å². The van der Waals surface area contributed by atoms with Gasteiger partial charge in [-0.05, 0) is 30.2 Å². The fourth-order valence-corrected chi connectivity index (χ4v) is 2.01. The summed E-state index contributed by atoms with van der Waals surface area (Å²) in [5.74, 6) is 0.812. The van der Waals surface area contributed by atoms with Gasteiger partial charge in [0, 0.05) is 13.1 Å². The molecule has 0 radical (unpaired) electrons. The number of aryl methyl sites for hydroxylation is 1. The molecule has 1 aromatic carbocycles. The fourth-order valence-electron chi connectivity index (χ4n) is 2.01. The molecule has 2 rings (SSSR count). The van der Waals surface area contributed by atoms with E-state index in [2.05, 4.69) is 5.32 Å². The van der Waals surface area contributed by atoms with Crippen molar-refractivity contribution in [3.63, 3.8) is 0 Å². The van der Waals surface area contributed by atoms with Crippen LogP contribution in [0.3, 0.4) is 0 Å². The van der Waals surface area contributed by atoms with Gasteiger partial charge in [-0.2, -0.15) is 0 Å². The number of ether oxygens (including phenoxy) is 1. The van der Waals surface area contributed by atoms with E-state index >= 15 is 0 Å². The summed E-state index contributed by atoms with van der Waals surface area (Å²) in [7, 11) is 1.64. The minimum Gasteiger partial charge on any atom is -0.497 e. The molecular formula is C12H18N2O2. The largest absolute Gasteiger partial charge is 0.497 e. The van der Waals surface area contributed by atoms with Crippen molar-refractivity contribution in [1.82, 2.24) is 5.32 Å². The van der Waals surface area contributed by atoms with Crippen molar-refractivity contribution >= 4 is 0 Å². The molecule has 1 aliphatic rings. The number of nitrogens with one attached hydrogen (secondary N) is 1. The van der Waals surface area contributed by atoms with Gasteiger partial charge in [0.2, 0.25) is 0 Å².